The summed E-state index contributed by atoms with van der Waals surface area (Å²) in [7, 11) is 0. The van der Waals surface area contributed by atoms with Gasteiger partial charge in [0.05, 0.1) is 0 Å². The van der Waals surface area contributed by atoms with Crippen molar-refractivity contribution in [1.82, 2.24) is 9.55 Å². The molecule has 2 aromatic heterocycles. The molecule has 21 heavy (non-hydrogen) atoms. The van der Waals surface area contributed by atoms with Gasteiger partial charge in [0.2, 0.25) is 5.43 Å². The van der Waals surface area contributed by atoms with Crippen LogP contribution in [0.1, 0.15) is 36.5 Å². The molecule has 112 valence electrons. The summed E-state index contributed by atoms with van der Waals surface area (Å²) in [6, 6.07) is 0. The van der Waals surface area contributed by atoms with Crippen LogP contribution in [0.5, 0.6) is 0 Å². The van der Waals surface area contributed by atoms with Crippen LogP contribution in [-0.4, -0.2) is 33.7 Å². The van der Waals surface area contributed by atoms with Gasteiger partial charge in [-0.15, -0.1) is 0 Å². The summed E-state index contributed by atoms with van der Waals surface area (Å²) in [5, 5.41) is 9.98. The van der Waals surface area contributed by atoms with E-state index in [2.05, 4.69) is 9.88 Å². The van der Waals surface area contributed by atoms with Crippen molar-refractivity contribution in [3.63, 3.8) is 0 Å². The zero-order valence-electron chi connectivity index (χ0n) is 11.8. The Bertz CT molecular complexity index is 744. The number of carbonyl (C=O) groups is 1. The van der Waals surface area contributed by atoms with Crippen LogP contribution in [0.25, 0.3) is 10.3 Å². The normalized spacial score (nSPS) is 15.6. The average Bonchev–Trinajstić information content (AvgIpc) is 2.94. The lowest BCUT2D eigenvalue weighted by Gasteiger charge is -2.25. The fraction of sp³-hybridized carbons (Fsp3) is 0.500. The highest BCUT2D eigenvalue weighted by molar-refractivity contribution is 7.21. The summed E-state index contributed by atoms with van der Waals surface area (Å²) in [6.45, 7) is 4.44. The first-order chi connectivity index (χ1) is 10.1. The van der Waals surface area contributed by atoms with E-state index in [-0.39, 0.29) is 11.1 Å². The fourth-order valence-corrected chi connectivity index (χ4v) is 3.81. The van der Waals surface area contributed by atoms with E-state index >= 15 is 0 Å². The minimum atomic E-state index is -1.20. The number of pyridine rings is 1. The average molecular weight is 307 g/mol. The molecule has 0 unspecified atom stereocenters. The van der Waals surface area contributed by atoms with Gasteiger partial charge < -0.3 is 14.6 Å². The standard InChI is InChI=1S/C14H17N3O3S/c1-2-16-8-9(13(19)20)11(18)10-12(16)21-14(15-10)17-6-4-3-5-7-17/h8H,2-7H2,1H3,(H,19,20). The maximum Gasteiger partial charge on any atom is 0.341 e. The van der Waals surface area contributed by atoms with Gasteiger partial charge in [-0.05, 0) is 26.2 Å². The summed E-state index contributed by atoms with van der Waals surface area (Å²) >= 11 is 1.47. The highest BCUT2D eigenvalue weighted by Crippen LogP contribution is 2.29. The van der Waals surface area contributed by atoms with Crippen molar-refractivity contribution in [2.45, 2.75) is 32.7 Å². The summed E-state index contributed by atoms with van der Waals surface area (Å²) in [4.78, 5) is 30.8. The SMILES string of the molecule is CCn1cc(C(=O)O)c(=O)c2nc(N3CCCCC3)sc21. The number of anilines is 1. The Hall–Kier alpha value is -1.89. The number of carboxylic acids is 1. The van der Waals surface area contributed by atoms with Gasteiger partial charge in [0.25, 0.3) is 0 Å². The third-order valence-corrected chi connectivity index (χ3v) is 4.95. The lowest BCUT2D eigenvalue weighted by Crippen LogP contribution is -2.29. The van der Waals surface area contributed by atoms with Gasteiger partial charge in [-0.3, -0.25) is 4.79 Å². The Morgan fingerprint density at radius 1 is 1.38 bits per heavy atom. The molecule has 0 amide bonds. The molecular formula is C14H17N3O3S. The monoisotopic (exact) mass is 307 g/mol. The summed E-state index contributed by atoms with van der Waals surface area (Å²) in [5.41, 5.74) is -0.413. The Balaban J connectivity index is 2.17. The van der Waals surface area contributed by atoms with Crippen molar-refractivity contribution in [3.8, 4) is 0 Å². The minimum Gasteiger partial charge on any atom is -0.477 e. The first-order valence-corrected chi connectivity index (χ1v) is 7.95. The molecule has 0 radical (unpaired) electrons. The molecule has 0 saturated carbocycles. The number of aromatic nitrogens is 2. The zero-order valence-corrected chi connectivity index (χ0v) is 12.7. The third-order valence-electron chi connectivity index (χ3n) is 3.80. The lowest BCUT2D eigenvalue weighted by molar-refractivity contribution is 0.0695. The minimum absolute atomic E-state index is 0.208. The van der Waals surface area contributed by atoms with Gasteiger partial charge in [-0.25, -0.2) is 9.78 Å². The quantitative estimate of drug-likeness (QED) is 0.940. The summed E-state index contributed by atoms with van der Waals surface area (Å²) in [6.07, 6.45) is 4.92. The Morgan fingerprint density at radius 3 is 2.71 bits per heavy atom. The summed E-state index contributed by atoms with van der Waals surface area (Å²) in [5.74, 6) is -1.20. The topological polar surface area (TPSA) is 75.4 Å². The highest BCUT2D eigenvalue weighted by Gasteiger charge is 2.21. The number of aryl methyl sites for hydroxylation is 1. The molecule has 0 bridgehead atoms. The van der Waals surface area contributed by atoms with Gasteiger partial charge in [0.1, 0.15) is 15.9 Å². The molecule has 1 aliphatic rings. The van der Waals surface area contributed by atoms with Gasteiger partial charge in [0.15, 0.2) is 5.13 Å². The van der Waals surface area contributed by atoms with E-state index in [4.69, 9.17) is 5.11 Å². The number of hydrogen-bond acceptors (Lipinski definition) is 5. The maximum atomic E-state index is 12.3. The number of piperidine rings is 1. The van der Waals surface area contributed by atoms with E-state index in [0.29, 0.717) is 6.54 Å². The molecule has 2 aromatic rings. The Labute approximate surface area is 125 Å². The number of fused-ring (bicyclic) bond motifs is 1. The number of carboxylic acid groups (broad SMARTS) is 1. The molecule has 1 saturated heterocycles. The van der Waals surface area contributed by atoms with Crippen molar-refractivity contribution in [1.29, 1.82) is 0 Å². The van der Waals surface area contributed by atoms with E-state index in [1.807, 2.05) is 6.92 Å². The van der Waals surface area contributed by atoms with Crippen LogP contribution in [0.3, 0.4) is 0 Å². The smallest absolute Gasteiger partial charge is 0.341 e. The molecule has 6 nitrogen and oxygen atoms in total. The van der Waals surface area contributed by atoms with E-state index < -0.39 is 11.4 Å². The molecule has 0 spiro atoms. The lowest BCUT2D eigenvalue weighted by atomic mass is 10.1. The van der Waals surface area contributed by atoms with Crippen molar-refractivity contribution in [2.75, 3.05) is 18.0 Å². The van der Waals surface area contributed by atoms with Crippen molar-refractivity contribution in [3.05, 3.63) is 22.0 Å². The molecule has 0 aromatic carbocycles. The molecule has 3 rings (SSSR count). The summed E-state index contributed by atoms with van der Waals surface area (Å²) < 4.78 is 1.80. The number of rotatable bonds is 3. The molecule has 3 heterocycles. The Kier molecular flexibility index (Phi) is 3.67. The highest BCUT2D eigenvalue weighted by atomic mass is 32.1. The molecule has 7 heteroatoms. The van der Waals surface area contributed by atoms with Gasteiger partial charge in [-0.1, -0.05) is 11.3 Å². The molecular weight excluding hydrogens is 290 g/mol. The maximum absolute atomic E-state index is 12.3. The first kappa shape index (κ1) is 14.1. The van der Waals surface area contributed by atoms with Crippen molar-refractivity contribution >= 4 is 32.8 Å². The number of nitrogens with zero attached hydrogens (tertiary/aromatic N) is 3. The van der Waals surface area contributed by atoms with E-state index in [0.717, 1.165) is 35.9 Å². The molecule has 1 N–H and O–H groups in total. The van der Waals surface area contributed by atoms with Crippen LogP contribution in [-0.2, 0) is 6.54 Å². The largest absolute Gasteiger partial charge is 0.477 e. The van der Waals surface area contributed by atoms with Crippen LogP contribution in [0.2, 0.25) is 0 Å². The third kappa shape index (κ3) is 2.42. The van der Waals surface area contributed by atoms with Crippen molar-refractivity contribution in [2.24, 2.45) is 0 Å². The van der Waals surface area contributed by atoms with Crippen LogP contribution in [0.4, 0.5) is 5.13 Å². The number of hydrogen-bond donors (Lipinski definition) is 1. The molecule has 0 aliphatic carbocycles. The predicted octanol–water partition coefficient (Wildman–Crippen LogP) is 2.17. The van der Waals surface area contributed by atoms with Gasteiger partial charge in [-0.2, -0.15) is 0 Å². The zero-order chi connectivity index (χ0) is 15.0. The fourth-order valence-electron chi connectivity index (χ4n) is 2.65. The van der Waals surface area contributed by atoms with E-state index in [1.165, 1.54) is 24.0 Å². The molecule has 0 atom stereocenters. The van der Waals surface area contributed by atoms with Crippen LogP contribution in [0.15, 0.2) is 11.0 Å². The van der Waals surface area contributed by atoms with E-state index in [9.17, 15) is 9.59 Å². The van der Waals surface area contributed by atoms with Gasteiger partial charge >= 0.3 is 5.97 Å². The number of thiazole rings is 1. The Morgan fingerprint density at radius 2 is 2.10 bits per heavy atom. The first-order valence-electron chi connectivity index (χ1n) is 7.14. The van der Waals surface area contributed by atoms with Gasteiger partial charge in [0, 0.05) is 25.8 Å². The van der Waals surface area contributed by atoms with Crippen LogP contribution >= 0.6 is 11.3 Å². The second-order valence-corrected chi connectivity index (χ2v) is 6.12. The van der Waals surface area contributed by atoms with Crippen LogP contribution < -0.4 is 10.3 Å². The molecule has 1 aliphatic heterocycles. The second-order valence-electron chi connectivity index (χ2n) is 5.16. The van der Waals surface area contributed by atoms with Crippen molar-refractivity contribution < 1.29 is 9.90 Å². The van der Waals surface area contributed by atoms with E-state index in [1.54, 1.807) is 4.57 Å². The second kappa shape index (κ2) is 5.48. The predicted molar refractivity (Wildman–Crippen MR) is 82.6 cm³/mol. The van der Waals surface area contributed by atoms with Crippen LogP contribution in [0, 0.1) is 0 Å². The number of aromatic carboxylic acids is 1. The molecule has 1 fully saturated rings.